The number of aliphatic hydroxyl groups is 1. The number of hydrogen-bond acceptors (Lipinski definition) is 4. The van der Waals surface area contributed by atoms with Gasteiger partial charge in [-0.25, -0.2) is 0 Å². The van der Waals surface area contributed by atoms with Crippen molar-refractivity contribution < 1.29 is 9.84 Å². The molecule has 0 radical (unpaired) electrons. The van der Waals surface area contributed by atoms with Crippen LogP contribution >= 0.6 is 0 Å². The van der Waals surface area contributed by atoms with Gasteiger partial charge in [-0.3, -0.25) is 4.90 Å². The van der Waals surface area contributed by atoms with Crippen LogP contribution in [-0.4, -0.2) is 55.5 Å². The van der Waals surface area contributed by atoms with Crippen molar-refractivity contribution >= 4 is 0 Å². The fourth-order valence-electron chi connectivity index (χ4n) is 2.58. The molecule has 1 aliphatic carbocycles. The van der Waals surface area contributed by atoms with E-state index in [0.29, 0.717) is 19.2 Å². The Morgan fingerprint density at radius 3 is 2.75 bits per heavy atom. The molecule has 0 bridgehead atoms. The molecule has 0 aromatic heterocycles. The van der Waals surface area contributed by atoms with E-state index in [0.717, 1.165) is 12.8 Å². The fourth-order valence-corrected chi connectivity index (χ4v) is 2.58. The molecule has 1 aliphatic rings. The second kappa shape index (κ2) is 7.22. The van der Waals surface area contributed by atoms with Crippen molar-refractivity contribution in [1.29, 1.82) is 0 Å². The molecule has 16 heavy (non-hydrogen) atoms. The third kappa shape index (κ3) is 4.37. The smallest absolute Gasteiger partial charge is 0.0900 e. The van der Waals surface area contributed by atoms with Crippen LogP contribution in [0.1, 0.15) is 32.1 Å². The van der Waals surface area contributed by atoms with Crippen LogP contribution in [0.4, 0.5) is 0 Å². The highest BCUT2D eigenvalue weighted by Crippen LogP contribution is 2.20. The lowest BCUT2D eigenvalue weighted by Crippen LogP contribution is -2.48. The molecule has 0 saturated heterocycles. The molecular formula is C12H26N2O2. The van der Waals surface area contributed by atoms with Crippen LogP contribution in [0.5, 0.6) is 0 Å². The number of methoxy groups -OCH3 is 1. The van der Waals surface area contributed by atoms with E-state index in [1.165, 1.54) is 19.3 Å². The van der Waals surface area contributed by atoms with Crippen molar-refractivity contribution in [3.05, 3.63) is 0 Å². The predicted molar refractivity (Wildman–Crippen MR) is 65.4 cm³/mol. The molecule has 3 unspecified atom stereocenters. The van der Waals surface area contributed by atoms with Gasteiger partial charge in [-0.1, -0.05) is 19.3 Å². The summed E-state index contributed by atoms with van der Waals surface area (Å²) in [6, 6.07) is 0.663. The molecule has 4 heteroatoms. The first-order valence-corrected chi connectivity index (χ1v) is 6.28. The molecule has 0 amide bonds. The second-order valence-electron chi connectivity index (χ2n) is 4.92. The van der Waals surface area contributed by atoms with E-state index in [2.05, 4.69) is 11.9 Å². The molecule has 0 aromatic carbocycles. The summed E-state index contributed by atoms with van der Waals surface area (Å²) in [4.78, 5) is 2.19. The molecule has 0 spiro atoms. The quantitative estimate of drug-likeness (QED) is 0.679. The molecule has 0 aromatic rings. The first kappa shape index (κ1) is 13.9. The van der Waals surface area contributed by atoms with Gasteiger partial charge in [-0.15, -0.1) is 0 Å². The Morgan fingerprint density at radius 1 is 1.38 bits per heavy atom. The van der Waals surface area contributed by atoms with Crippen LogP contribution in [0.2, 0.25) is 0 Å². The van der Waals surface area contributed by atoms with Gasteiger partial charge in [0, 0.05) is 25.7 Å². The minimum atomic E-state index is -0.412. The molecule has 0 aliphatic heterocycles. The standard InChI is InChI=1S/C12H26N2O2/c1-14(8-10(15)9-16-2)12-7-5-3-4-6-11(12)13/h10-12,15H,3-9,13H2,1-2H3. The van der Waals surface area contributed by atoms with Gasteiger partial charge in [0.05, 0.1) is 12.7 Å². The van der Waals surface area contributed by atoms with Crippen molar-refractivity contribution in [3.8, 4) is 0 Å². The molecule has 3 N–H and O–H groups in total. The summed E-state index contributed by atoms with van der Waals surface area (Å²) in [5, 5.41) is 9.70. The Balaban J connectivity index is 2.40. The van der Waals surface area contributed by atoms with E-state index in [4.69, 9.17) is 10.5 Å². The van der Waals surface area contributed by atoms with Gasteiger partial charge in [0.25, 0.3) is 0 Å². The van der Waals surface area contributed by atoms with Gasteiger partial charge in [0.2, 0.25) is 0 Å². The number of nitrogens with zero attached hydrogens (tertiary/aromatic N) is 1. The second-order valence-corrected chi connectivity index (χ2v) is 4.92. The third-order valence-corrected chi connectivity index (χ3v) is 3.46. The van der Waals surface area contributed by atoms with Gasteiger partial charge < -0.3 is 15.6 Å². The number of rotatable bonds is 5. The zero-order valence-electron chi connectivity index (χ0n) is 10.6. The van der Waals surface area contributed by atoms with Crippen LogP contribution < -0.4 is 5.73 Å². The summed E-state index contributed by atoms with van der Waals surface area (Å²) < 4.78 is 4.94. The van der Waals surface area contributed by atoms with Crippen LogP contribution in [0.3, 0.4) is 0 Å². The minimum Gasteiger partial charge on any atom is -0.389 e. The average molecular weight is 230 g/mol. The summed E-state index contributed by atoms with van der Waals surface area (Å²) in [5.41, 5.74) is 6.18. The summed E-state index contributed by atoms with van der Waals surface area (Å²) in [6.07, 6.45) is 5.63. The maximum absolute atomic E-state index is 9.70. The van der Waals surface area contributed by atoms with Gasteiger partial charge >= 0.3 is 0 Å². The van der Waals surface area contributed by atoms with Crippen molar-refractivity contribution in [1.82, 2.24) is 4.90 Å². The van der Waals surface area contributed by atoms with Crippen molar-refractivity contribution in [3.63, 3.8) is 0 Å². The summed E-state index contributed by atoms with van der Waals surface area (Å²) in [7, 11) is 3.66. The monoisotopic (exact) mass is 230 g/mol. The zero-order chi connectivity index (χ0) is 12.0. The molecule has 3 atom stereocenters. The van der Waals surface area contributed by atoms with E-state index in [-0.39, 0.29) is 6.04 Å². The van der Waals surface area contributed by atoms with Gasteiger partial charge in [0.1, 0.15) is 0 Å². The maximum atomic E-state index is 9.70. The Hall–Kier alpha value is -0.160. The SMILES string of the molecule is COCC(O)CN(C)C1CCCCCC1N. The normalized spacial score (nSPS) is 29.1. The lowest BCUT2D eigenvalue weighted by atomic mass is 10.0. The Morgan fingerprint density at radius 2 is 2.06 bits per heavy atom. The predicted octanol–water partition coefficient (Wildman–Crippen LogP) is 0.586. The van der Waals surface area contributed by atoms with Crippen LogP contribution in [0, 0.1) is 0 Å². The van der Waals surface area contributed by atoms with Gasteiger partial charge in [0.15, 0.2) is 0 Å². The van der Waals surface area contributed by atoms with E-state index in [1.807, 2.05) is 0 Å². The molecule has 1 rings (SSSR count). The summed E-state index contributed by atoms with van der Waals surface area (Å²) in [5.74, 6) is 0. The number of nitrogens with two attached hydrogens (primary N) is 1. The number of hydrogen-bond donors (Lipinski definition) is 2. The largest absolute Gasteiger partial charge is 0.389 e. The van der Waals surface area contributed by atoms with Crippen LogP contribution in [-0.2, 0) is 4.74 Å². The summed E-state index contributed by atoms with van der Waals surface area (Å²) in [6.45, 7) is 1.04. The third-order valence-electron chi connectivity index (χ3n) is 3.46. The lowest BCUT2D eigenvalue weighted by Gasteiger charge is -2.32. The lowest BCUT2D eigenvalue weighted by molar-refractivity contribution is 0.0305. The van der Waals surface area contributed by atoms with Gasteiger partial charge in [-0.05, 0) is 19.9 Å². The highest BCUT2D eigenvalue weighted by molar-refractivity contribution is 4.84. The van der Waals surface area contributed by atoms with Crippen molar-refractivity contribution in [2.75, 3.05) is 27.3 Å². The highest BCUT2D eigenvalue weighted by Gasteiger charge is 2.25. The van der Waals surface area contributed by atoms with Crippen LogP contribution in [0.15, 0.2) is 0 Å². The topological polar surface area (TPSA) is 58.7 Å². The van der Waals surface area contributed by atoms with Crippen molar-refractivity contribution in [2.45, 2.75) is 50.3 Å². The van der Waals surface area contributed by atoms with E-state index in [9.17, 15) is 5.11 Å². The van der Waals surface area contributed by atoms with E-state index >= 15 is 0 Å². The molecule has 1 saturated carbocycles. The Kier molecular flexibility index (Phi) is 6.28. The van der Waals surface area contributed by atoms with E-state index in [1.54, 1.807) is 7.11 Å². The summed E-state index contributed by atoms with van der Waals surface area (Å²) >= 11 is 0. The highest BCUT2D eigenvalue weighted by atomic mass is 16.5. The molecule has 0 heterocycles. The fraction of sp³-hybridized carbons (Fsp3) is 1.00. The van der Waals surface area contributed by atoms with E-state index < -0.39 is 6.10 Å². The number of ether oxygens (including phenoxy) is 1. The van der Waals surface area contributed by atoms with Gasteiger partial charge in [-0.2, -0.15) is 0 Å². The molecule has 4 nitrogen and oxygen atoms in total. The number of aliphatic hydroxyl groups excluding tert-OH is 1. The van der Waals surface area contributed by atoms with Crippen molar-refractivity contribution in [2.24, 2.45) is 5.73 Å². The Bertz CT molecular complexity index is 190. The average Bonchev–Trinajstić information content (AvgIpc) is 2.43. The Labute approximate surface area is 98.8 Å². The molecular weight excluding hydrogens is 204 g/mol. The minimum absolute atomic E-state index is 0.252. The zero-order valence-corrected chi connectivity index (χ0v) is 10.6. The molecule has 1 fully saturated rings. The number of likely N-dealkylation sites (N-methyl/N-ethyl adjacent to an activating group) is 1. The maximum Gasteiger partial charge on any atom is 0.0900 e. The first-order valence-electron chi connectivity index (χ1n) is 6.28. The first-order chi connectivity index (χ1) is 7.65. The molecule has 96 valence electrons. The van der Waals surface area contributed by atoms with Crippen LogP contribution in [0.25, 0.3) is 0 Å².